The first-order valence-corrected chi connectivity index (χ1v) is 4.43. The molecule has 0 fully saturated rings. The zero-order valence-corrected chi connectivity index (χ0v) is 8.16. The van der Waals surface area contributed by atoms with Crippen LogP contribution < -0.4 is 0 Å². The number of ketones is 1. The molecule has 2 rings (SSSR count). The predicted octanol–water partition coefficient (Wildman–Crippen LogP) is 0.0305. The van der Waals surface area contributed by atoms with Gasteiger partial charge >= 0.3 is 0 Å². The molecule has 6 heteroatoms. The van der Waals surface area contributed by atoms with Gasteiger partial charge in [0.1, 0.15) is 0 Å². The summed E-state index contributed by atoms with van der Waals surface area (Å²) in [5.41, 5.74) is 0.704. The number of rotatable bonds is 3. The van der Waals surface area contributed by atoms with Crippen LogP contribution in [0.3, 0.4) is 0 Å². The molecule has 6 nitrogen and oxygen atoms in total. The molecule has 0 saturated heterocycles. The molecule has 0 aromatic carbocycles. The molecule has 0 aliphatic carbocycles. The quantitative estimate of drug-likeness (QED) is 0.658. The Morgan fingerprint density at radius 1 is 1.47 bits per heavy atom. The number of aromatic nitrogens is 5. The van der Waals surface area contributed by atoms with Crippen LogP contribution in [0.1, 0.15) is 16.3 Å². The molecule has 0 bridgehead atoms. The van der Waals surface area contributed by atoms with Crippen molar-refractivity contribution < 1.29 is 4.79 Å². The summed E-state index contributed by atoms with van der Waals surface area (Å²) in [6.45, 7) is 0. The first-order valence-electron chi connectivity index (χ1n) is 4.43. The molecule has 0 N–H and O–H groups in total. The van der Waals surface area contributed by atoms with Crippen molar-refractivity contribution in [2.24, 2.45) is 7.05 Å². The van der Waals surface area contributed by atoms with E-state index in [1.54, 1.807) is 25.4 Å². The fourth-order valence-corrected chi connectivity index (χ4v) is 1.14. The Labute approximate surface area is 85.9 Å². The fraction of sp³-hybridized carbons (Fsp3) is 0.222. The topological polar surface area (TPSA) is 73.6 Å². The van der Waals surface area contributed by atoms with Gasteiger partial charge in [-0.3, -0.25) is 9.78 Å². The Morgan fingerprint density at radius 3 is 2.93 bits per heavy atom. The number of pyridine rings is 1. The lowest BCUT2D eigenvalue weighted by Gasteiger charge is -1.94. The van der Waals surface area contributed by atoms with Gasteiger partial charge in [-0.05, 0) is 17.3 Å². The first kappa shape index (κ1) is 9.45. The van der Waals surface area contributed by atoms with E-state index in [4.69, 9.17) is 0 Å². The minimum atomic E-state index is -0.179. The number of carbonyl (C=O) groups is 1. The van der Waals surface area contributed by atoms with E-state index in [1.165, 1.54) is 4.80 Å². The van der Waals surface area contributed by atoms with E-state index in [2.05, 4.69) is 20.4 Å². The summed E-state index contributed by atoms with van der Waals surface area (Å²) in [5, 5.41) is 11.1. The van der Waals surface area contributed by atoms with Crippen molar-refractivity contribution in [1.29, 1.82) is 0 Å². The summed E-state index contributed by atoms with van der Waals surface area (Å²) < 4.78 is 0. The SMILES string of the molecule is Cn1nnc(C(=O)Cc2ccccn2)n1. The molecule has 0 spiro atoms. The van der Waals surface area contributed by atoms with Crippen LogP contribution >= 0.6 is 0 Å². The van der Waals surface area contributed by atoms with Gasteiger partial charge in [-0.15, -0.1) is 10.2 Å². The summed E-state index contributed by atoms with van der Waals surface area (Å²) >= 11 is 0. The largest absolute Gasteiger partial charge is 0.290 e. The standard InChI is InChI=1S/C9H9N5O/c1-14-12-9(11-13-14)8(15)6-7-4-2-3-5-10-7/h2-5H,6H2,1H3. The molecule has 0 saturated carbocycles. The van der Waals surface area contributed by atoms with E-state index in [9.17, 15) is 4.79 Å². The van der Waals surface area contributed by atoms with Gasteiger partial charge in [0.2, 0.25) is 11.6 Å². The van der Waals surface area contributed by atoms with Crippen molar-refractivity contribution in [1.82, 2.24) is 25.2 Å². The highest BCUT2D eigenvalue weighted by molar-refractivity contribution is 5.93. The van der Waals surface area contributed by atoms with Gasteiger partial charge in [-0.1, -0.05) is 6.07 Å². The molecule has 76 valence electrons. The molecule has 15 heavy (non-hydrogen) atoms. The van der Waals surface area contributed by atoms with Crippen molar-refractivity contribution in [2.75, 3.05) is 0 Å². The third-order valence-corrected chi connectivity index (χ3v) is 1.83. The molecule has 2 aromatic heterocycles. The van der Waals surface area contributed by atoms with E-state index in [0.717, 1.165) is 0 Å². The van der Waals surface area contributed by atoms with Crippen LogP contribution in [0.25, 0.3) is 0 Å². The van der Waals surface area contributed by atoms with E-state index in [-0.39, 0.29) is 18.0 Å². The van der Waals surface area contributed by atoms with Gasteiger partial charge in [0.05, 0.1) is 13.5 Å². The lowest BCUT2D eigenvalue weighted by atomic mass is 10.2. The van der Waals surface area contributed by atoms with Crippen LogP contribution in [0.5, 0.6) is 0 Å². The van der Waals surface area contributed by atoms with Crippen LogP contribution in [-0.4, -0.2) is 31.0 Å². The van der Waals surface area contributed by atoms with E-state index in [0.29, 0.717) is 5.69 Å². The van der Waals surface area contributed by atoms with Gasteiger partial charge in [0.25, 0.3) is 0 Å². The van der Waals surface area contributed by atoms with Crippen molar-refractivity contribution in [3.05, 3.63) is 35.9 Å². The van der Waals surface area contributed by atoms with Gasteiger partial charge in [0, 0.05) is 11.9 Å². The Balaban J connectivity index is 2.11. The molecule has 2 heterocycles. The predicted molar refractivity (Wildman–Crippen MR) is 51.1 cm³/mol. The van der Waals surface area contributed by atoms with Crippen LogP contribution in [-0.2, 0) is 13.5 Å². The number of Topliss-reactive ketones (excluding diaryl/α,β-unsaturated/α-hetero) is 1. The summed E-state index contributed by atoms with van der Waals surface area (Å²) in [6.07, 6.45) is 1.85. The Bertz CT molecular complexity index is 464. The molecule has 0 atom stereocenters. The number of hydrogen-bond donors (Lipinski definition) is 0. The molecule has 0 radical (unpaired) electrons. The number of tetrazole rings is 1. The number of aryl methyl sites for hydroxylation is 1. The van der Waals surface area contributed by atoms with E-state index in [1.807, 2.05) is 6.07 Å². The minimum absolute atomic E-state index is 0.128. The second kappa shape index (κ2) is 3.95. The number of hydrogen-bond acceptors (Lipinski definition) is 5. The summed E-state index contributed by atoms with van der Waals surface area (Å²) in [5.74, 6) is -0.0510. The second-order valence-electron chi connectivity index (χ2n) is 3.02. The smallest absolute Gasteiger partial charge is 0.240 e. The van der Waals surface area contributed by atoms with Gasteiger partial charge in [0.15, 0.2) is 0 Å². The average molecular weight is 203 g/mol. The number of carbonyl (C=O) groups excluding carboxylic acids is 1. The lowest BCUT2D eigenvalue weighted by molar-refractivity contribution is 0.0981. The summed E-state index contributed by atoms with van der Waals surface area (Å²) in [4.78, 5) is 16.9. The van der Waals surface area contributed by atoms with Crippen LogP contribution in [0.4, 0.5) is 0 Å². The molecule has 0 amide bonds. The second-order valence-corrected chi connectivity index (χ2v) is 3.02. The molecule has 2 aromatic rings. The Morgan fingerprint density at radius 2 is 2.33 bits per heavy atom. The summed E-state index contributed by atoms with van der Waals surface area (Å²) in [6, 6.07) is 5.42. The maximum absolute atomic E-state index is 11.6. The maximum Gasteiger partial charge on any atom is 0.240 e. The van der Waals surface area contributed by atoms with Crippen LogP contribution in [0.2, 0.25) is 0 Å². The molecular weight excluding hydrogens is 194 g/mol. The normalized spacial score (nSPS) is 10.2. The zero-order chi connectivity index (χ0) is 10.7. The van der Waals surface area contributed by atoms with Crippen molar-refractivity contribution >= 4 is 5.78 Å². The van der Waals surface area contributed by atoms with Crippen molar-refractivity contribution in [3.8, 4) is 0 Å². The third-order valence-electron chi connectivity index (χ3n) is 1.83. The number of nitrogens with zero attached hydrogens (tertiary/aromatic N) is 5. The minimum Gasteiger partial charge on any atom is -0.290 e. The monoisotopic (exact) mass is 203 g/mol. The Kier molecular flexibility index (Phi) is 2.49. The zero-order valence-electron chi connectivity index (χ0n) is 8.16. The van der Waals surface area contributed by atoms with Gasteiger partial charge < -0.3 is 0 Å². The van der Waals surface area contributed by atoms with Crippen LogP contribution in [0, 0.1) is 0 Å². The van der Waals surface area contributed by atoms with E-state index >= 15 is 0 Å². The Hall–Kier alpha value is -2.11. The first-order chi connectivity index (χ1) is 7.25. The molecule has 0 unspecified atom stereocenters. The molecular formula is C9H9N5O. The van der Waals surface area contributed by atoms with E-state index < -0.39 is 0 Å². The van der Waals surface area contributed by atoms with Crippen molar-refractivity contribution in [3.63, 3.8) is 0 Å². The highest BCUT2D eigenvalue weighted by Crippen LogP contribution is 1.99. The molecule has 0 aliphatic rings. The van der Waals surface area contributed by atoms with Gasteiger partial charge in [-0.25, -0.2) is 0 Å². The fourth-order valence-electron chi connectivity index (χ4n) is 1.14. The lowest BCUT2D eigenvalue weighted by Crippen LogP contribution is -2.07. The highest BCUT2D eigenvalue weighted by Gasteiger charge is 2.12. The summed E-state index contributed by atoms with van der Waals surface area (Å²) in [7, 11) is 1.62. The average Bonchev–Trinajstić information content (AvgIpc) is 2.66. The third kappa shape index (κ3) is 2.22. The van der Waals surface area contributed by atoms with Crippen molar-refractivity contribution in [2.45, 2.75) is 6.42 Å². The van der Waals surface area contributed by atoms with Gasteiger partial charge in [-0.2, -0.15) is 4.80 Å². The maximum atomic E-state index is 11.6. The van der Waals surface area contributed by atoms with Crippen LogP contribution in [0.15, 0.2) is 24.4 Å². The molecule has 0 aliphatic heterocycles. The highest BCUT2D eigenvalue weighted by atomic mass is 16.1.